The normalized spacial score (nSPS) is 45.6. The topological polar surface area (TPSA) is 479 Å². The number of hydrogen-bond acceptors (Lipinski definition) is 38. The molecule has 0 saturated carbocycles. The van der Waals surface area contributed by atoms with Crippen LogP contribution in [0.4, 0.5) is 0 Å². The lowest BCUT2D eigenvalue weighted by atomic mass is 9.85. The number of fused-ring (bicyclic) bond motifs is 4. The van der Waals surface area contributed by atoms with Crippen molar-refractivity contribution in [1.82, 2.24) is 0 Å². The molecule has 0 radical (unpaired) electrons. The summed E-state index contributed by atoms with van der Waals surface area (Å²) < 4.78 is 160. The Labute approximate surface area is 645 Å². The van der Waals surface area contributed by atoms with Crippen LogP contribution < -0.4 is 4.74 Å². The van der Waals surface area contributed by atoms with Crippen LogP contribution >= 0.6 is 23.2 Å². The van der Waals surface area contributed by atoms with Gasteiger partial charge in [-0.05, 0) is 72.6 Å². The predicted molar refractivity (Wildman–Crippen MR) is 363 cm³/mol. The Kier molecular flexibility index (Phi) is 25.1. The quantitative estimate of drug-likeness (QED) is 0.0495. The smallest absolute Gasteiger partial charge is 0.342 e. The molecule has 0 aromatic heterocycles. The van der Waals surface area contributed by atoms with Gasteiger partial charge in [0.15, 0.2) is 73.7 Å². The van der Waals surface area contributed by atoms with E-state index in [9.17, 15) is 60.6 Å². The van der Waals surface area contributed by atoms with Gasteiger partial charge in [0.2, 0.25) is 0 Å². The number of nitrogens with zero attached hydrogens (tertiary/aromatic N) is 1. The number of carbonyl (C=O) groups excluding carboxylic acids is 2. The van der Waals surface area contributed by atoms with Crippen molar-refractivity contribution in [2.24, 2.45) is 0 Å². The van der Waals surface area contributed by atoms with Gasteiger partial charge in [-0.3, -0.25) is 10.1 Å². The molecule has 2 spiro atoms. The van der Waals surface area contributed by atoms with Crippen molar-refractivity contribution in [3.05, 3.63) is 54.5 Å². The standard InChI is InChI=1S/C70H97Cl2NO38/c1-24-15-31(74)16-32(75)40(24)61(82)100-36-22-94-70(60-53(36)92-23-93-60)108-37-21-91-63(46(79)52(37)109-70)106-65-56(89-13)45(78)51(35(101-65)20-86-10)104-64-47(80)55(50(87-11)27(4)97-64)105-66-57(81)68(9)59(30(7)98-66)110-69(111-68)18-33(76)48(28(5)107-69)102-38-17-34(99-39-19-67(8,73(84)85)58(90-14)29(6)96-39)49(26(3)95-38)103-62(83)41-25(2)42(71)44(77)43(72)54(41)88-12/h15-16,26-30,33-39,45-53,55-60,63-66,74-81H,17-23H2,1-14H3/t26-,27-,28-,29+,30-,33-,34-,35-,36-,37+,38+,39+,45+,46-,47-,48-,49-,50+,51-,52-,53+,55-,56+,57-,58+,59-,60-,63+,64+,65+,66+,67+,68-,69-,70-/m1/s1. The second kappa shape index (κ2) is 33.1. The van der Waals surface area contributed by atoms with E-state index in [0.29, 0.717) is 0 Å². The summed E-state index contributed by atoms with van der Waals surface area (Å²) in [5, 5.41) is 104. The van der Waals surface area contributed by atoms with Crippen molar-refractivity contribution < 1.29 is 179 Å². The molecule has 0 aliphatic carbocycles. The Morgan fingerprint density at radius 1 is 0.613 bits per heavy atom. The molecule has 11 saturated heterocycles. The molecule has 13 rings (SSSR count). The van der Waals surface area contributed by atoms with Crippen LogP contribution in [0.5, 0.6) is 23.0 Å². The first-order valence-corrected chi connectivity index (χ1v) is 37.1. The molecular weight excluding hydrogens is 1530 g/mol. The third-order valence-corrected chi connectivity index (χ3v) is 23.3. The number of halogens is 2. The van der Waals surface area contributed by atoms with Gasteiger partial charge in [-0.25, -0.2) is 9.59 Å². The molecule has 41 heteroatoms. The molecule has 624 valence electrons. The molecule has 35 atom stereocenters. The van der Waals surface area contributed by atoms with E-state index in [4.69, 9.17) is 146 Å². The molecule has 11 heterocycles. The zero-order valence-electron chi connectivity index (χ0n) is 63.0. The van der Waals surface area contributed by atoms with E-state index < -0.39 is 248 Å². The fraction of sp³-hybridized carbons (Fsp3) is 0.800. The zero-order valence-corrected chi connectivity index (χ0v) is 64.5. The van der Waals surface area contributed by atoms with Gasteiger partial charge in [0.1, 0.15) is 132 Å². The number of ether oxygens (including phenoxy) is 26. The van der Waals surface area contributed by atoms with Gasteiger partial charge in [-0.1, -0.05) is 23.2 Å². The van der Waals surface area contributed by atoms with Crippen LogP contribution in [0, 0.1) is 24.0 Å². The monoisotopic (exact) mass is 1630 g/mol. The van der Waals surface area contributed by atoms with Crippen molar-refractivity contribution in [3.63, 3.8) is 0 Å². The van der Waals surface area contributed by atoms with Crippen molar-refractivity contribution in [2.75, 3.05) is 62.2 Å². The predicted octanol–water partition coefficient (Wildman–Crippen LogP) is 1.26. The highest BCUT2D eigenvalue weighted by Crippen LogP contribution is 2.53. The second-order valence-electron chi connectivity index (χ2n) is 29.9. The lowest BCUT2D eigenvalue weighted by molar-refractivity contribution is -0.595. The maximum Gasteiger partial charge on any atom is 0.342 e. The number of nitro groups is 1. The van der Waals surface area contributed by atoms with Gasteiger partial charge in [0, 0.05) is 52.8 Å². The van der Waals surface area contributed by atoms with Crippen LogP contribution in [-0.4, -0.2) is 333 Å². The number of methoxy groups -OCH3 is 5. The van der Waals surface area contributed by atoms with Crippen molar-refractivity contribution >= 4 is 35.1 Å². The number of rotatable bonds is 21. The van der Waals surface area contributed by atoms with Crippen molar-refractivity contribution in [3.8, 4) is 23.0 Å². The van der Waals surface area contributed by atoms with Gasteiger partial charge in [0.05, 0.1) is 81.4 Å². The number of aromatic hydroxyl groups is 3. The summed E-state index contributed by atoms with van der Waals surface area (Å²) >= 11 is 12.8. The third kappa shape index (κ3) is 15.5. The second-order valence-corrected chi connectivity index (χ2v) is 30.6. The fourth-order valence-electron chi connectivity index (χ4n) is 17.0. The summed E-state index contributed by atoms with van der Waals surface area (Å²) in [4.78, 5) is 39.8. The number of esters is 2. The van der Waals surface area contributed by atoms with Gasteiger partial charge in [-0.15, -0.1) is 0 Å². The SMILES string of the molecule is COC[C@H]1O[C@@H](O[C@@H]2OC[C@@H]3O[C@@]4(OC[C@@H](OC(=O)c5c(C)cc(O)cc5O)[C@@H]5OCO[C@H]54)O[C@H]3[C@H]2O)[C@@H](OC)[C@@H](O)[C@@H]1O[C@@H]1O[C@H](C)[C@H](OC)[C@H](O[C@@H]2O[C@H](C)[C@H]3O[C@]4(C[C@@H](O)[C@H](O[C@H]5C[C@@H](O[C@H]6C[C@](C)([N+](=O)[O-])[C@@H](OC)[C@H](C)O6)[C@H](OC(=O)c6c(C)c(Cl)c(O)c(Cl)c6OC)[C@@H](C)O5)[C@@H](C)O4)O[C@]3(C)[C@@H]2O)[C@H]1O. The first kappa shape index (κ1) is 84.4. The van der Waals surface area contributed by atoms with E-state index in [0.717, 1.165) is 6.07 Å². The Hall–Kier alpha value is -4.56. The van der Waals surface area contributed by atoms with Crippen LogP contribution in [0.25, 0.3) is 0 Å². The summed E-state index contributed by atoms with van der Waals surface area (Å²) in [6, 6.07) is 2.28. The van der Waals surface area contributed by atoms with Crippen LogP contribution in [-0.2, 0) is 118 Å². The van der Waals surface area contributed by atoms with Crippen LogP contribution in [0.2, 0.25) is 10.0 Å². The Bertz CT molecular complexity index is 3630. The number of phenols is 3. The molecule has 2 aromatic carbocycles. The highest BCUT2D eigenvalue weighted by atomic mass is 35.5. The number of phenolic OH excluding ortho intramolecular Hbond substituents is 3. The first-order valence-electron chi connectivity index (χ1n) is 36.3. The van der Waals surface area contributed by atoms with E-state index >= 15 is 0 Å². The first-order chi connectivity index (χ1) is 52.6. The van der Waals surface area contributed by atoms with E-state index in [1.807, 2.05) is 0 Å². The highest BCUT2D eigenvalue weighted by Gasteiger charge is 2.70. The molecule has 11 aliphatic rings. The average molecular weight is 1630 g/mol. The Balaban J connectivity index is 0.644. The lowest BCUT2D eigenvalue weighted by Gasteiger charge is -2.50. The molecule has 0 amide bonds. The average Bonchev–Trinajstić information content (AvgIpc) is 1.58. The van der Waals surface area contributed by atoms with E-state index in [1.54, 1.807) is 34.6 Å². The fourth-order valence-corrected chi connectivity index (χ4v) is 17.5. The largest absolute Gasteiger partial charge is 0.508 e. The Morgan fingerprint density at radius 2 is 1.31 bits per heavy atom. The molecule has 11 aliphatic heterocycles. The van der Waals surface area contributed by atoms with E-state index in [2.05, 4.69) is 0 Å². The Morgan fingerprint density at radius 3 is 1.98 bits per heavy atom. The lowest BCUT2D eigenvalue weighted by Crippen LogP contribution is -2.68. The summed E-state index contributed by atoms with van der Waals surface area (Å²) in [5.41, 5.74) is -3.54. The van der Waals surface area contributed by atoms with Crippen molar-refractivity contribution in [2.45, 2.75) is 295 Å². The van der Waals surface area contributed by atoms with Crippen LogP contribution in [0.15, 0.2) is 12.1 Å². The maximum absolute atomic E-state index is 14.3. The van der Waals surface area contributed by atoms with Crippen LogP contribution in [0.3, 0.4) is 0 Å². The van der Waals surface area contributed by atoms with Gasteiger partial charge in [0.25, 0.3) is 11.5 Å². The minimum absolute atomic E-state index is 0.0700. The van der Waals surface area contributed by atoms with Gasteiger partial charge in [-0.2, -0.15) is 0 Å². The van der Waals surface area contributed by atoms with Gasteiger partial charge < -0.3 is 164 Å². The van der Waals surface area contributed by atoms with Crippen LogP contribution in [0.1, 0.15) is 99.6 Å². The highest BCUT2D eigenvalue weighted by molar-refractivity contribution is 6.39. The number of carbonyl (C=O) groups is 2. The number of hydrogen-bond donors (Lipinski definition) is 8. The summed E-state index contributed by atoms with van der Waals surface area (Å²) in [7, 11) is 6.53. The molecule has 0 unspecified atom stereocenters. The minimum atomic E-state index is -2.06. The van der Waals surface area contributed by atoms with E-state index in [1.165, 1.54) is 69.3 Å². The number of aryl methyl sites for hydroxylation is 1. The number of aliphatic hydroxyl groups is 5. The molecule has 11 fully saturated rings. The summed E-state index contributed by atoms with van der Waals surface area (Å²) in [6.07, 6.45) is -40.9. The molecule has 39 nitrogen and oxygen atoms in total. The zero-order chi connectivity index (χ0) is 80.2. The summed E-state index contributed by atoms with van der Waals surface area (Å²) in [5.74, 6) is -7.54. The molecule has 2 aromatic rings. The maximum atomic E-state index is 14.3. The summed E-state index contributed by atoms with van der Waals surface area (Å²) in [6.45, 7) is 12.7. The molecule has 0 bridgehead atoms. The molecular formula is C70H97Cl2NO38. The molecule has 8 N–H and O–H groups in total. The third-order valence-electron chi connectivity index (χ3n) is 22.5. The number of aliphatic hydroxyl groups excluding tert-OH is 5. The number of benzene rings is 2. The molecule has 111 heavy (non-hydrogen) atoms. The minimum Gasteiger partial charge on any atom is -0.508 e. The van der Waals surface area contributed by atoms with Crippen molar-refractivity contribution in [1.29, 1.82) is 0 Å². The van der Waals surface area contributed by atoms with Gasteiger partial charge >= 0.3 is 17.9 Å². The van der Waals surface area contributed by atoms with E-state index in [-0.39, 0.29) is 83.3 Å².